The summed E-state index contributed by atoms with van der Waals surface area (Å²) in [6, 6.07) is 14.5. The summed E-state index contributed by atoms with van der Waals surface area (Å²) >= 11 is 3.36. The van der Waals surface area contributed by atoms with Crippen LogP contribution in [0, 0.1) is 0 Å². The zero-order valence-electron chi connectivity index (χ0n) is 13.3. The highest BCUT2D eigenvalue weighted by atomic mass is 79.9. The molecule has 0 unspecified atom stereocenters. The Morgan fingerprint density at radius 3 is 2.80 bits per heavy atom. The van der Waals surface area contributed by atoms with Gasteiger partial charge in [-0.2, -0.15) is 0 Å². The second-order valence-corrected chi connectivity index (χ2v) is 6.18. The van der Waals surface area contributed by atoms with Gasteiger partial charge in [-0.15, -0.1) is 0 Å². The van der Waals surface area contributed by atoms with E-state index in [1.54, 1.807) is 18.2 Å². The summed E-state index contributed by atoms with van der Waals surface area (Å²) in [6.07, 6.45) is 0.0837. The third kappa shape index (κ3) is 4.51. The number of para-hydroxylation sites is 2. The number of rotatable bonds is 7. The molecule has 0 spiro atoms. The second-order valence-electron chi connectivity index (χ2n) is 5.26. The highest BCUT2D eigenvalue weighted by Crippen LogP contribution is 2.17. The van der Waals surface area contributed by atoms with Crippen molar-refractivity contribution in [1.29, 1.82) is 0 Å². The zero-order valence-corrected chi connectivity index (χ0v) is 14.9. The first-order valence-electron chi connectivity index (χ1n) is 7.76. The summed E-state index contributed by atoms with van der Waals surface area (Å²) < 4.78 is 18.1. The normalized spacial score (nSPS) is 10.8. The van der Waals surface area contributed by atoms with Gasteiger partial charge in [0.15, 0.2) is 5.58 Å². The van der Waals surface area contributed by atoms with E-state index in [2.05, 4.69) is 15.9 Å². The molecule has 6 nitrogen and oxygen atoms in total. The third-order valence-electron chi connectivity index (χ3n) is 3.52. The number of hydrogen-bond donors (Lipinski definition) is 0. The molecule has 0 amide bonds. The summed E-state index contributed by atoms with van der Waals surface area (Å²) in [7, 11) is 0. The number of nitrogens with zero attached hydrogens (tertiary/aromatic N) is 1. The number of esters is 1. The Morgan fingerprint density at radius 2 is 1.96 bits per heavy atom. The minimum absolute atomic E-state index is 0.0837. The van der Waals surface area contributed by atoms with Crippen LogP contribution < -0.4 is 10.5 Å². The highest BCUT2D eigenvalue weighted by Gasteiger charge is 2.11. The van der Waals surface area contributed by atoms with Gasteiger partial charge in [0.1, 0.15) is 19.0 Å². The number of carbonyl (C=O) groups excluding carboxylic acids is 1. The summed E-state index contributed by atoms with van der Waals surface area (Å²) in [6.45, 7) is 0.615. The van der Waals surface area contributed by atoms with E-state index in [0.29, 0.717) is 16.8 Å². The molecule has 0 saturated carbocycles. The van der Waals surface area contributed by atoms with Crippen molar-refractivity contribution in [2.45, 2.75) is 13.0 Å². The molecule has 1 aromatic heterocycles. The molecule has 2 aromatic carbocycles. The average Bonchev–Trinajstić information content (AvgIpc) is 2.92. The fourth-order valence-corrected chi connectivity index (χ4v) is 2.75. The lowest BCUT2D eigenvalue weighted by molar-refractivity contribution is -0.144. The molecule has 0 saturated heterocycles. The largest absolute Gasteiger partial charge is 0.490 e. The Kier molecular flexibility index (Phi) is 5.55. The van der Waals surface area contributed by atoms with Crippen LogP contribution in [0.15, 0.2) is 62.2 Å². The number of carbonyl (C=O) groups is 1. The van der Waals surface area contributed by atoms with Crippen LogP contribution in [0.4, 0.5) is 0 Å². The van der Waals surface area contributed by atoms with Crippen LogP contribution >= 0.6 is 15.9 Å². The van der Waals surface area contributed by atoms with Crippen LogP contribution in [0.2, 0.25) is 0 Å². The van der Waals surface area contributed by atoms with Crippen LogP contribution in [0.3, 0.4) is 0 Å². The lowest BCUT2D eigenvalue weighted by atomic mass is 10.3. The van der Waals surface area contributed by atoms with Gasteiger partial charge in [-0.1, -0.05) is 34.1 Å². The van der Waals surface area contributed by atoms with Gasteiger partial charge in [0.05, 0.1) is 11.9 Å². The number of halogens is 1. The predicted octanol–water partition coefficient (Wildman–Crippen LogP) is 3.37. The van der Waals surface area contributed by atoms with Gasteiger partial charge < -0.3 is 13.9 Å². The van der Waals surface area contributed by atoms with E-state index >= 15 is 0 Å². The maximum atomic E-state index is 11.8. The molecule has 0 aliphatic carbocycles. The molecule has 0 N–H and O–H groups in total. The van der Waals surface area contributed by atoms with Crippen molar-refractivity contribution < 1.29 is 18.7 Å². The summed E-state index contributed by atoms with van der Waals surface area (Å²) in [4.78, 5) is 23.6. The van der Waals surface area contributed by atoms with E-state index in [-0.39, 0.29) is 26.2 Å². The molecule has 0 bridgehead atoms. The number of fused-ring (bicyclic) bond motifs is 1. The van der Waals surface area contributed by atoms with Crippen molar-refractivity contribution in [3.63, 3.8) is 0 Å². The molecule has 0 fully saturated rings. The maximum Gasteiger partial charge on any atom is 0.419 e. The van der Waals surface area contributed by atoms with Crippen molar-refractivity contribution in [3.05, 3.63) is 63.6 Å². The first-order chi connectivity index (χ1) is 12.1. The number of ether oxygens (including phenoxy) is 2. The molecule has 3 aromatic rings. The number of aryl methyl sites for hydroxylation is 1. The van der Waals surface area contributed by atoms with Gasteiger partial charge in [0.2, 0.25) is 0 Å². The second kappa shape index (κ2) is 8.02. The topological polar surface area (TPSA) is 70.7 Å². The van der Waals surface area contributed by atoms with Crippen LogP contribution in [0.5, 0.6) is 5.75 Å². The fourth-order valence-electron chi connectivity index (χ4n) is 2.37. The lowest BCUT2D eigenvalue weighted by Gasteiger charge is -2.08. The number of hydrogen-bond acceptors (Lipinski definition) is 5. The first kappa shape index (κ1) is 17.3. The van der Waals surface area contributed by atoms with Crippen LogP contribution in [-0.2, 0) is 16.1 Å². The van der Waals surface area contributed by atoms with Crippen molar-refractivity contribution in [2.75, 3.05) is 13.2 Å². The Morgan fingerprint density at radius 1 is 1.12 bits per heavy atom. The van der Waals surface area contributed by atoms with Crippen molar-refractivity contribution in [2.24, 2.45) is 0 Å². The lowest BCUT2D eigenvalue weighted by Crippen LogP contribution is -2.18. The predicted molar refractivity (Wildman–Crippen MR) is 95.7 cm³/mol. The van der Waals surface area contributed by atoms with E-state index in [0.717, 1.165) is 4.47 Å². The van der Waals surface area contributed by atoms with E-state index in [9.17, 15) is 9.59 Å². The van der Waals surface area contributed by atoms with Crippen molar-refractivity contribution in [3.8, 4) is 5.75 Å². The van der Waals surface area contributed by atoms with E-state index < -0.39 is 11.7 Å². The van der Waals surface area contributed by atoms with Crippen molar-refractivity contribution in [1.82, 2.24) is 4.57 Å². The molecule has 0 aliphatic rings. The van der Waals surface area contributed by atoms with Gasteiger partial charge in [0, 0.05) is 11.0 Å². The molecule has 130 valence electrons. The molecule has 7 heteroatoms. The fraction of sp³-hybridized carbons (Fsp3) is 0.222. The molecule has 0 aliphatic heterocycles. The minimum atomic E-state index is -0.480. The Hall–Kier alpha value is -2.54. The first-order valence-corrected chi connectivity index (χ1v) is 8.55. The van der Waals surface area contributed by atoms with Gasteiger partial charge in [-0.05, 0) is 30.3 Å². The number of oxazole rings is 1. The van der Waals surface area contributed by atoms with Crippen LogP contribution in [0.25, 0.3) is 11.1 Å². The molecule has 0 atom stereocenters. The molecule has 25 heavy (non-hydrogen) atoms. The highest BCUT2D eigenvalue weighted by molar-refractivity contribution is 9.10. The van der Waals surface area contributed by atoms with Gasteiger partial charge in [-0.3, -0.25) is 9.36 Å². The SMILES string of the molecule is O=C(CCn1c(=O)oc2ccccc21)OCCOc1cccc(Br)c1. The van der Waals surface area contributed by atoms with Gasteiger partial charge in [0.25, 0.3) is 0 Å². The number of aromatic nitrogens is 1. The van der Waals surface area contributed by atoms with Crippen LogP contribution in [0.1, 0.15) is 6.42 Å². The Bertz CT molecular complexity index is 930. The molecular formula is C18H16BrNO5. The summed E-state index contributed by atoms with van der Waals surface area (Å²) in [5.74, 6) is -0.177. The van der Waals surface area contributed by atoms with Gasteiger partial charge in [-0.25, -0.2) is 4.79 Å². The smallest absolute Gasteiger partial charge is 0.419 e. The summed E-state index contributed by atoms with van der Waals surface area (Å²) in [5, 5.41) is 0. The van der Waals surface area contributed by atoms with Crippen molar-refractivity contribution >= 4 is 33.0 Å². The Labute approximate surface area is 152 Å². The molecule has 0 radical (unpaired) electrons. The van der Waals surface area contributed by atoms with E-state index in [4.69, 9.17) is 13.9 Å². The van der Waals surface area contributed by atoms with E-state index in [1.807, 2.05) is 30.3 Å². The molecular weight excluding hydrogens is 390 g/mol. The third-order valence-corrected chi connectivity index (χ3v) is 4.02. The molecule has 3 rings (SSSR count). The van der Waals surface area contributed by atoms with Gasteiger partial charge >= 0.3 is 11.7 Å². The summed E-state index contributed by atoms with van der Waals surface area (Å²) in [5.41, 5.74) is 1.17. The zero-order chi connectivity index (χ0) is 17.6. The average molecular weight is 406 g/mol. The number of benzene rings is 2. The Balaban J connectivity index is 1.45. The van der Waals surface area contributed by atoms with Crippen LogP contribution in [-0.4, -0.2) is 23.8 Å². The standard InChI is InChI=1S/C18H16BrNO5/c19-13-4-3-5-14(12-13)23-10-11-24-17(21)8-9-20-15-6-1-2-7-16(15)25-18(20)22/h1-7,12H,8-11H2. The monoisotopic (exact) mass is 405 g/mol. The maximum absolute atomic E-state index is 11.8. The quantitative estimate of drug-likeness (QED) is 0.445. The minimum Gasteiger partial charge on any atom is -0.490 e. The van der Waals surface area contributed by atoms with E-state index in [1.165, 1.54) is 4.57 Å². The molecule has 1 heterocycles.